The SMILES string of the molecule is CN(Cc1ccccc1)C1OC(=O)c2ccccc21. The fourth-order valence-electron chi connectivity index (χ4n) is 2.41. The van der Waals surface area contributed by atoms with E-state index in [1.165, 1.54) is 5.56 Å². The molecular weight excluding hydrogens is 238 g/mol. The summed E-state index contributed by atoms with van der Waals surface area (Å²) in [7, 11) is 1.97. The standard InChI is InChI=1S/C16H15NO2/c1-17(11-12-7-3-2-4-8-12)15-13-9-5-6-10-14(13)16(18)19-15/h2-10,15H,11H2,1H3. The van der Waals surface area contributed by atoms with Crippen molar-refractivity contribution in [3.05, 3.63) is 71.3 Å². The first-order valence-corrected chi connectivity index (χ1v) is 6.30. The number of carbonyl (C=O) groups is 1. The van der Waals surface area contributed by atoms with Crippen molar-refractivity contribution in [1.29, 1.82) is 0 Å². The molecule has 1 unspecified atom stereocenters. The maximum Gasteiger partial charge on any atom is 0.340 e. The molecule has 2 aromatic rings. The van der Waals surface area contributed by atoms with Gasteiger partial charge in [0.2, 0.25) is 0 Å². The minimum Gasteiger partial charge on any atom is -0.438 e. The number of fused-ring (bicyclic) bond motifs is 1. The van der Waals surface area contributed by atoms with Gasteiger partial charge in [-0.1, -0.05) is 48.5 Å². The van der Waals surface area contributed by atoms with E-state index in [9.17, 15) is 4.79 Å². The van der Waals surface area contributed by atoms with Gasteiger partial charge in [0.25, 0.3) is 0 Å². The van der Waals surface area contributed by atoms with Gasteiger partial charge in [0.05, 0.1) is 5.56 Å². The monoisotopic (exact) mass is 253 g/mol. The minimum absolute atomic E-state index is 0.236. The van der Waals surface area contributed by atoms with Gasteiger partial charge in [0.1, 0.15) is 0 Å². The maximum absolute atomic E-state index is 11.8. The van der Waals surface area contributed by atoms with Crippen LogP contribution in [0, 0.1) is 0 Å². The molecule has 0 spiro atoms. The van der Waals surface area contributed by atoms with Crippen molar-refractivity contribution in [2.75, 3.05) is 7.05 Å². The van der Waals surface area contributed by atoms with Crippen LogP contribution in [0.1, 0.15) is 27.7 Å². The molecule has 0 N–H and O–H groups in total. The lowest BCUT2D eigenvalue weighted by atomic mass is 10.1. The summed E-state index contributed by atoms with van der Waals surface area (Å²) in [6.07, 6.45) is -0.288. The summed E-state index contributed by atoms with van der Waals surface area (Å²) in [5.41, 5.74) is 2.82. The second kappa shape index (κ2) is 4.86. The second-order valence-corrected chi connectivity index (χ2v) is 4.75. The fourth-order valence-corrected chi connectivity index (χ4v) is 2.41. The first-order chi connectivity index (χ1) is 9.25. The average Bonchev–Trinajstić information content (AvgIpc) is 2.78. The minimum atomic E-state index is -0.288. The highest BCUT2D eigenvalue weighted by molar-refractivity contribution is 5.93. The molecule has 3 nitrogen and oxygen atoms in total. The lowest BCUT2D eigenvalue weighted by molar-refractivity contribution is -0.0157. The summed E-state index contributed by atoms with van der Waals surface area (Å²) in [5.74, 6) is -0.236. The van der Waals surface area contributed by atoms with Crippen LogP contribution in [0.15, 0.2) is 54.6 Å². The zero-order chi connectivity index (χ0) is 13.2. The van der Waals surface area contributed by atoms with Crippen molar-refractivity contribution in [3.63, 3.8) is 0 Å². The number of nitrogens with zero attached hydrogens (tertiary/aromatic N) is 1. The molecule has 96 valence electrons. The lowest BCUT2D eigenvalue weighted by Crippen LogP contribution is -2.24. The van der Waals surface area contributed by atoms with Gasteiger partial charge in [-0.2, -0.15) is 0 Å². The highest BCUT2D eigenvalue weighted by atomic mass is 16.6. The number of ether oxygens (including phenoxy) is 1. The zero-order valence-corrected chi connectivity index (χ0v) is 10.7. The van der Waals surface area contributed by atoms with E-state index in [-0.39, 0.29) is 12.2 Å². The Morgan fingerprint density at radius 1 is 1.05 bits per heavy atom. The van der Waals surface area contributed by atoms with Gasteiger partial charge in [0.15, 0.2) is 6.23 Å². The molecule has 3 heteroatoms. The Kier molecular flexibility index (Phi) is 3.05. The Morgan fingerprint density at radius 3 is 2.53 bits per heavy atom. The van der Waals surface area contributed by atoms with Crippen LogP contribution >= 0.6 is 0 Å². The Labute approximate surface area is 112 Å². The molecule has 1 aliphatic heterocycles. The smallest absolute Gasteiger partial charge is 0.340 e. The maximum atomic E-state index is 11.8. The summed E-state index contributed by atoms with van der Waals surface area (Å²) in [6, 6.07) is 17.7. The van der Waals surface area contributed by atoms with Gasteiger partial charge in [-0.05, 0) is 18.7 Å². The molecule has 2 aromatic carbocycles. The van der Waals surface area contributed by atoms with Crippen LogP contribution in [-0.2, 0) is 11.3 Å². The summed E-state index contributed by atoms with van der Waals surface area (Å²) in [5, 5.41) is 0. The predicted octanol–water partition coefficient (Wildman–Crippen LogP) is 2.99. The Hall–Kier alpha value is -2.13. The summed E-state index contributed by atoms with van der Waals surface area (Å²) >= 11 is 0. The van der Waals surface area contributed by atoms with E-state index in [0.717, 1.165) is 12.1 Å². The molecule has 1 heterocycles. The van der Waals surface area contributed by atoms with E-state index in [2.05, 4.69) is 12.1 Å². The van der Waals surface area contributed by atoms with Crippen LogP contribution in [0.2, 0.25) is 0 Å². The topological polar surface area (TPSA) is 29.5 Å². The number of rotatable bonds is 3. The van der Waals surface area contributed by atoms with Gasteiger partial charge < -0.3 is 4.74 Å². The average molecular weight is 253 g/mol. The first-order valence-electron chi connectivity index (χ1n) is 6.30. The van der Waals surface area contributed by atoms with E-state index >= 15 is 0 Å². The van der Waals surface area contributed by atoms with Crippen LogP contribution in [-0.4, -0.2) is 17.9 Å². The van der Waals surface area contributed by atoms with Gasteiger partial charge in [0, 0.05) is 12.1 Å². The quantitative estimate of drug-likeness (QED) is 0.787. The summed E-state index contributed by atoms with van der Waals surface area (Å²) in [4.78, 5) is 13.8. The number of benzene rings is 2. The van der Waals surface area contributed by atoms with E-state index in [0.29, 0.717) is 5.56 Å². The van der Waals surface area contributed by atoms with Crippen LogP contribution in [0.25, 0.3) is 0 Å². The van der Waals surface area contributed by atoms with Crippen LogP contribution < -0.4 is 0 Å². The van der Waals surface area contributed by atoms with Crippen molar-refractivity contribution in [1.82, 2.24) is 4.90 Å². The molecule has 0 radical (unpaired) electrons. The lowest BCUT2D eigenvalue weighted by Gasteiger charge is -2.23. The largest absolute Gasteiger partial charge is 0.438 e. The molecule has 1 aliphatic rings. The molecule has 0 saturated carbocycles. The first kappa shape index (κ1) is 11.9. The second-order valence-electron chi connectivity index (χ2n) is 4.75. The van der Waals surface area contributed by atoms with E-state index in [4.69, 9.17) is 4.74 Å². The molecule has 0 amide bonds. The fraction of sp³-hybridized carbons (Fsp3) is 0.188. The van der Waals surface area contributed by atoms with Crippen molar-refractivity contribution in [3.8, 4) is 0 Å². The van der Waals surface area contributed by atoms with E-state index < -0.39 is 0 Å². The number of hydrogen-bond acceptors (Lipinski definition) is 3. The van der Waals surface area contributed by atoms with Gasteiger partial charge in [-0.15, -0.1) is 0 Å². The Balaban J connectivity index is 1.82. The zero-order valence-electron chi connectivity index (χ0n) is 10.7. The van der Waals surface area contributed by atoms with Gasteiger partial charge in [-0.25, -0.2) is 4.79 Å². The van der Waals surface area contributed by atoms with Crippen molar-refractivity contribution in [2.24, 2.45) is 0 Å². The third-order valence-electron chi connectivity index (χ3n) is 3.34. The van der Waals surface area contributed by atoms with Crippen LogP contribution in [0.3, 0.4) is 0 Å². The molecule has 0 saturated heterocycles. The Bertz CT molecular complexity index is 595. The number of esters is 1. The van der Waals surface area contributed by atoms with Gasteiger partial charge in [-0.3, -0.25) is 4.90 Å². The van der Waals surface area contributed by atoms with Crippen molar-refractivity contribution >= 4 is 5.97 Å². The van der Waals surface area contributed by atoms with Gasteiger partial charge >= 0.3 is 5.97 Å². The van der Waals surface area contributed by atoms with Crippen molar-refractivity contribution in [2.45, 2.75) is 12.8 Å². The van der Waals surface area contributed by atoms with Crippen LogP contribution in [0.5, 0.6) is 0 Å². The summed E-state index contributed by atoms with van der Waals surface area (Å²) < 4.78 is 5.45. The highest BCUT2D eigenvalue weighted by Gasteiger charge is 2.33. The van der Waals surface area contributed by atoms with E-state index in [1.54, 1.807) is 0 Å². The third kappa shape index (κ3) is 2.25. The molecule has 0 aromatic heterocycles. The summed E-state index contributed by atoms with van der Waals surface area (Å²) in [6.45, 7) is 0.743. The normalized spacial score (nSPS) is 17.4. The highest BCUT2D eigenvalue weighted by Crippen LogP contribution is 2.32. The molecule has 19 heavy (non-hydrogen) atoms. The third-order valence-corrected chi connectivity index (χ3v) is 3.34. The van der Waals surface area contributed by atoms with Crippen LogP contribution in [0.4, 0.5) is 0 Å². The van der Waals surface area contributed by atoms with E-state index in [1.807, 2.05) is 54.4 Å². The number of carbonyl (C=O) groups excluding carboxylic acids is 1. The molecule has 0 aliphatic carbocycles. The molecule has 0 bridgehead atoms. The molecule has 0 fully saturated rings. The number of hydrogen-bond donors (Lipinski definition) is 0. The Morgan fingerprint density at radius 2 is 1.74 bits per heavy atom. The van der Waals surface area contributed by atoms with Crippen molar-refractivity contribution < 1.29 is 9.53 Å². The molecule has 1 atom stereocenters. The predicted molar refractivity (Wildman–Crippen MR) is 72.5 cm³/mol. The number of cyclic esters (lactones) is 1. The molecular formula is C16H15NO2. The molecule has 3 rings (SSSR count).